The van der Waals surface area contributed by atoms with Gasteiger partial charge in [-0.2, -0.15) is 0 Å². The number of fused-ring (bicyclic) bond motifs is 2. The molecule has 2 aliphatic carbocycles. The molecular formula is C30H31Cl2NO2. The van der Waals surface area contributed by atoms with Gasteiger partial charge in [0.15, 0.2) is 0 Å². The van der Waals surface area contributed by atoms with E-state index in [-0.39, 0.29) is 5.41 Å². The second-order valence-corrected chi connectivity index (χ2v) is 11.1. The third-order valence-corrected chi connectivity index (χ3v) is 8.83. The van der Waals surface area contributed by atoms with Crippen molar-refractivity contribution in [1.82, 2.24) is 0 Å². The van der Waals surface area contributed by atoms with Gasteiger partial charge in [0, 0.05) is 15.7 Å². The Kier molecular flexibility index (Phi) is 6.83. The maximum absolute atomic E-state index is 12.5. The minimum atomic E-state index is -0.971. The van der Waals surface area contributed by atoms with Gasteiger partial charge in [-0.1, -0.05) is 65.7 Å². The van der Waals surface area contributed by atoms with Crippen LogP contribution < -0.4 is 5.32 Å². The minimum absolute atomic E-state index is 0.0472. The number of hydrogen-bond acceptors (Lipinski definition) is 2. The first kappa shape index (κ1) is 24.2. The summed E-state index contributed by atoms with van der Waals surface area (Å²) in [6.45, 7) is 0. The first-order chi connectivity index (χ1) is 16.9. The average Bonchev–Trinajstić information content (AvgIpc) is 3.15. The molecule has 2 N–H and O–H groups in total. The number of rotatable bonds is 7. The fraction of sp³-hybridized carbons (Fsp3) is 0.367. The molecule has 1 saturated carbocycles. The second kappa shape index (κ2) is 9.87. The summed E-state index contributed by atoms with van der Waals surface area (Å²) >= 11 is 12.2. The number of nitrogens with one attached hydrogen (secondary N) is 1. The summed E-state index contributed by atoms with van der Waals surface area (Å²) in [7, 11) is 0. The number of carbonyl (C=O) groups is 1. The Bertz CT molecular complexity index is 1200. The van der Waals surface area contributed by atoms with E-state index in [0.717, 1.165) is 49.2 Å². The highest BCUT2D eigenvalue weighted by Gasteiger charge is 2.53. The molecule has 5 heteroatoms. The average molecular weight is 508 g/mol. The lowest BCUT2D eigenvalue weighted by Crippen LogP contribution is -2.53. The lowest BCUT2D eigenvalue weighted by Gasteiger charge is -2.47. The minimum Gasteiger partial charge on any atom is -0.480 e. The van der Waals surface area contributed by atoms with Crippen LogP contribution in [0.2, 0.25) is 10.0 Å². The number of aliphatic carboxylic acids is 1. The molecule has 0 amide bonds. The van der Waals surface area contributed by atoms with Gasteiger partial charge >= 0.3 is 5.97 Å². The predicted molar refractivity (Wildman–Crippen MR) is 144 cm³/mol. The molecule has 182 valence electrons. The van der Waals surface area contributed by atoms with Crippen LogP contribution in [0, 0.1) is 5.92 Å². The molecule has 0 bridgehead atoms. The Hall–Kier alpha value is -2.49. The van der Waals surface area contributed by atoms with E-state index in [9.17, 15) is 9.90 Å². The van der Waals surface area contributed by atoms with E-state index in [2.05, 4.69) is 41.7 Å². The van der Waals surface area contributed by atoms with Gasteiger partial charge in [-0.3, -0.25) is 0 Å². The van der Waals surface area contributed by atoms with E-state index in [1.807, 2.05) is 24.3 Å². The standard InChI is InChI=1S/C30H31Cl2NO2/c31-24-13-11-21(12-14-24)5-3-7-23-19-22-6-1-2-10-27(22)29(23)15-17-30(18-16-29,28(34)35)33-26-9-4-8-25(32)20-26/h1-2,4,6,8-14,20,23,33H,3,5,7,15-19H2,(H,34,35). The number of halogens is 2. The van der Waals surface area contributed by atoms with Gasteiger partial charge in [0.25, 0.3) is 0 Å². The lowest BCUT2D eigenvalue weighted by atomic mass is 9.60. The van der Waals surface area contributed by atoms with Crippen LogP contribution in [0.5, 0.6) is 0 Å². The van der Waals surface area contributed by atoms with Crippen molar-refractivity contribution in [1.29, 1.82) is 0 Å². The van der Waals surface area contributed by atoms with Crippen LogP contribution in [0.1, 0.15) is 55.2 Å². The number of anilines is 1. The van der Waals surface area contributed by atoms with Crippen molar-refractivity contribution in [3.05, 3.63) is 99.5 Å². The molecule has 5 rings (SSSR count). The zero-order chi connectivity index (χ0) is 24.5. The van der Waals surface area contributed by atoms with Crippen LogP contribution >= 0.6 is 23.2 Å². The monoisotopic (exact) mass is 507 g/mol. The van der Waals surface area contributed by atoms with Crippen molar-refractivity contribution < 1.29 is 9.90 Å². The first-order valence-corrected chi connectivity index (χ1v) is 13.3. The van der Waals surface area contributed by atoms with Gasteiger partial charge in [0.2, 0.25) is 0 Å². The van der Waals surface area contributed by atoms with E-state index in [0.29, 0.717) is 23.8 Å². The zero-order valence-electron chi connectivity index (χ0n) is 19.8. The molecule has 0 aromatic heterocycles. The maximum atomic E-state index is 12.5. The highest BCUT2D eigenvalue weighted by atomic mass is 35.5. The van der Waals surface area contributed by atoms with Crippen molar-refractivity contribution in [2.45, 2.75) is 62.3 Å². The van der Waals surface area contributed by atoms with E-state index >= 15 is 0 Å². The number of aryl methyl sites for hydroxylation is 1. The molecule has 1 fully saturated rings. The van der Waals surface area contributed by atoms with Crippen molar-refractivity contribution in [3.8, 4) is 0 Å². The Balaban J connectivity index is 1.35. The third-order valence-electron chi connectivity index (χ3n) is 8.35. The number of benzene rings is 3. The first-order valence-electron chi connectivity index (χ1n) is 12.5. The number of carboxylic acids is 1. The van der Waals surface area contributed by atoms with E-state index < -0.39 is 11.5 Å². The van der Waals surface area contributed by atoms with Gasteiger partial charge in [-0.25, -0.2) is 4.79 Å². The SMILES string of the molecule is O=C(O)C1(Nc2cccc(Cl)c2)CCC2(CC1)c1ccccc1CC2CCCc1ccc(Cl)cc1. The van der Waals surface area contributed by atoms with Crippen LogP contribution in [-0.2, 0) is 23.1 Å². The quantitative estimate of drug-likeness (QED) is 0.341. The van der Waals surface area contributed by atoms with Crippen LogP contribution in [0.4, 0.5) is 5.69 Å². The van der Waals surface area contributed by atoms with Crippen LogP contribution in [0.3, 0.4) is 0 Å². The van der Waals surface area contributed by atoms with Crippen LogP contribution in [0.15, 0.2) is 72.8 Å². The van der Waals surface area contributed by atoms with Gasteiger partial charge in [-0.05, 0) is 110 Å². The molecule has 1 unspecified atom stereocenters. The lowest BCUT2D eigenvalue weighted by molar-refractivity contribution is -0.144. The molecule has 0 heterocycles. The van der Waals surface area contributed by atoms with E-state index in [1.165, 1.54) is 16.7 Å². The second-order valence-electron chi connectivity index (χ2n) is 10.3. The fourth-order valence-electron chi connectivity index (χ4n) is 6.48. The molecule has 35 heavy (non-hydrogen) atoms. The summed E-state index contributed by atoms with van der Waals surface area (Å²) < 4.78 is 0. The summed E-state index contributed by atoms with van der Waals surface area (Å²) in [5, 5.41) is 15.0. The van der Waals surface area contributed by atoms with Gasteiger partial charge in [0.1, 0.15) is 5.54 Å². The van der Waals surface area contributed by atoms with Crippen molar-refractivity contribution in [2.75, 3.05) is 5.32 Å². The predicted octanol–water partition coefficient (Wildman–Crippen LogP) is 7.94. The van der Waals surface area contributed by atoms with Crippen molar-refractivity contribution >= 4 is 34.9 Å². The summed E-state index contributed by atoms with van der Waals surface area (Å²) in [6, 6.07) is 24.3. The largest absolute Gasteiger partial charge is 0.480 e. The molecule has 0 aliphatic heterocycles. The number of carboxylic acid groups (broad SMARTS) is 1. The Morgan fingerprint density at radius 1 is 0.914 bits per heavy atom. The van der Waals surface area contributed by atoms with E-state index in [1.54, 1.807) is 12.1 Å². The third kappa shape index (κ3) is 4.81. The maximum Gasteiger partial charge on any atom is 0.329 e. The topological polar surface area (TPSA) is 49.3 Å². The molecule has 1 spiro atoms. The van der Waals surface area contributed by atoms with Gasteiger partial charge in [0.05, 0.1) is 0 Å². The van der Waals surface area contributed by atoms with Gasteiger partial charge in [-0.15, -0.1) is 0 Å². The molecule has 0 radical (unpaired) electrons. The van der Waals surface area contributed by atoms with Gasteiger partial charge < -0.3 is 10.4 Å². The van der Waals surface area contributed by atoms with Crippen LogP contribution in [-0.4, -0.2) is 16.6 Å². The smallest absolute Gasteiger partial charge is 0.329 e. The molecular weight excluding hydrogens is 477 g/mol. The Morgan fingerprint density at radius 3 is 2.37 bits per heavy atom. The number of hydrogen-bond donors (Lipinski definition) is 2. The zero-order valence-corrected chi connectivity index (χ0v) is 21.3. The Morgan fingerprint density at radius 2 is 1.66 bits per heavy atom. The normalized spacial score (nSPS) is 25.4. The molecule has 3 aromatic rings. The molecule has 2 aliphatic rings. The van der Waals surface area contributed by atoms with E-state index in [4.69, 9.17) is 23.2 Å². The summed E-state index contributed by atoms with van der Waals surface area (Å²) in [6.07, 6.45) is 7.30. The summed E-state index contributed by atoms with van der Waals surface area (Å²) in [5.41, 5.74) is 4.04. The Labute approximate surface area is 217 Å². The molecule has 3 nitrogen and oxygen atoms in total. The molecule has 1 atom stereocenters. The molecule has 0 saturated heterocycles. The van der Waals surface area contributed by atoms with Crippen molar-refractivity contribution in [2.24, 2.45) is 5.92 Å². The van der Waals surface area contributed by atoms with Crippen molar-refractivity contribution in [3.63, 3.8) is 0 Å². The van der Waals surface area contributed by atoms with Crippen LogP contribution in [0.25, 0.3) is 0 Å². The molecule has 3 aromatic carbocycles. The highest BCUT2D eigenvalue weighted by Crippen LogP contribution is 2.55. The fourth-order valence-corrected chi connectivity index (χ4v) is 6.80. The highest BCUT2D eigenvalue weighted by molar-refractivity contribution is 6.31. The summed E-state index contributed by atoms with van der Waals surface area (Å²) in [4.78, 5) is 12.5. The summed E-state index contributed by atoms with van der Waals surface area (Å²) in [5.74, 6) is -0.247.